The molecule has 0 unspecified atom stereocenters. The van der Waals surface area contributed by atoms with Gasteiger partial charge in [0, 0.05) is 13.0 Å². The number of aromatic nitrogens is 2. The molecule has 1 fully saturated rings. The van der Waals surface area contributed by atoms with Gasteiger partial charge in [0.05, 0.1) is 17.2 Å². The van der Waals surface area contributed by atoms with Gasteiger partial charge in [0.2, 0.25) is 5.89 Å². The van der Waals surface area contributed by atoms with Crippen LogP contribution in [0.1, 0.15) is 34.2 Å². The van der Waals surface area contributed by atoms with E-state index in [-0.39, 0.29) is 5.91 Å². The molecule has 2 heterocycles. The van der Waals surface area contributed by atoms with Crippen LogP contribution in [0.4, 0.5) is 10.7 Å². The van der Waals surface area contributed by atoms with Gasteiger partial charge in [-0.2, -0.15) is 4.98 Å². The third kappa shape index (κ3) is 2.90. The van der Waals surface area contributed by atoms with Crippen LogP contribution in [0.2, 0.25) is 0 Å². The number of hydrogen-bond donors (Lipinski definition) is 3. The first-order chi connectivity index (χ1) is 9.61. The SMILES string of the molecule is Cc1nc(CNc2cc(N)c(C(=O)NC3CC3)s2)no1. The van der Waals surface area contributed by atoms with Gasteiger partial charge in [0.1, 0.15) is 4.88 Å². The molecule has 8 heteroatoms. The maximum absolute atomic E-state index is 12.0. The molecule has 3 rings (SSSR count). The van der Waals surface area contributed by atoms with Crippen molar-refractivity contribution in [2.24, 2.45) is 0 Å². The number of nitrogens with zero attached hydrogens (tertiary/aromatic N) is 2. The largest absolute Gasteiger partial charge is 0.397 e. The van der Waals surface area contributed by atoms with Crippen LogP contribution in [-0.2, 0) is 6.54 Å². The molecule has 1 saturated carbocycles. The zero-order valence-electron chi connectivity index (χ0n) is 11.0. The number of rotatable bonds is 5. The van der Waals surface area contributed by atoms with Gasteiger partial charge in [-0.25, -0.2) is 0 Å². The van der Waals surface area contributed by atoms with Gasteiger partial charge in [0.15, 0.2) is 5.82 Å². The summed E-state index contributed by atoms with van der Waals surface area (Å²) in [6.07, 6.45) is 2.11. The third-order valence-corrected chi connectivity index (χ3v) is 3.98. The molecule has 7 nitrogen and oxygen atoms in total. The van der Waals surface area contributed by atoms with Gasteiger partial charge in [-0.15, -0.1) is 11.3 Å². The number of aryl methyl sites for hydroxylation is 1. The zero-order valence-corrected chi connectivity index (χ0v) is 11.8. The van der Waals surface area contributed by atoms with Crippen LogP contribution < -0.4 is 16.4 Å². The van der Waals surface area contributed by atoms with E-state index in [4.69, 9.17) is 10.3 Å². The molecular formula is C12H15N5O2S. The second-order valence-corrected chi connectivity index (χ2v) is 5.78. The fraction of sp³-hybridized carbons (Fsp3) is 0.417. The number of carbonyl (C=O) groups is 1. The summed E-state index contributed by atoms with van der Waals surface area (Å²) >= 11 is 1.33. The molecule has 2 aromatic heterocycles. The summed E-state index contributed by atoms with van der Waals surface area (Å²) in [5, 5.41) is 10.7. The third-order valence-electron chi connectivity index (χ3n) is 2.87. The van der Waals surface area contributed by atoms with E-state index < -0.39 is 0 Å². The highest BCUT2D eigenvalue weighted by Gasteiger charge is 2.25. The molecule has 0 radical (unpaired) electrons. The average molecular weight is 293 g/mol. The maximum atomic E-state index is 12.0. The molecule has 0 spiro atoms. The van der Waals surface area contributed by atoms with Crippen molar-refractivity contribution in [3.8, 4) is 0 Å². The second kappa shape index (κ2) is 5.12. The topological polar surface area (TPSA) is 106 Å². The Morgan fingerprint density at radius 2 is 2.40 bits per heavy atom. The van der Waals surface area contributed by atoms with Crippen LogP contribution in [0.3, 0.4) is 0 Å². The fourth-order valence-electron chi connectivity index (χ4n) is 1.73. The van der Waals surface area contributed by atoms with Crippen molar-refractivity contribution in [2.45, 2.75) is 32.4 Å². The Morgan fingerprint density at radius 3 is 3.05 bits per heavy atom. The number of nitrogens with two attached hydrogens (primary N) is 1. The molecule has 0 atom stereocenters. The Kier molecular flexibility index (Phi) is 3.31. The number of nitrogens with one attached hydrogen (secondary N) is 2. The number of carbonyl (C=O) groups excluding carboxylic acids is 1. The Morgan fingerprint density at radius 1 is 1.60 bits per heavy atom. The monoisotopic (exact) mass is 293 g/mol. The minimum absolute atomic E-state index is 0.0987. The van der Waals surface area contributed by atoms with Crippen LogP contribution in [0.15, 0.2) is 10.6 Å². The van der Waals surface area contributed by atoms with Crippen LogP contribution in [0, 0.1) is 6.92 Å². The Bertz CT molecular complexity index is 632. The second-order valence-electron chi connectivity index (χ2n) is 4.73. The lowest BCUT2D eigenvalue weighted by Crippen LogP contribution is -2.25. The quantitative estimate of drug-likeness (QED) is 0.772. The van der Waals surface area contributed by atoms with E-state index >= 15 is 0 Å². The van der Waals surface area contributed by atoms with Crippen molar-refractivity contribution in [3.05, 3.63) is 22.7 Å². The minimum atomic E-state index is -0.0987. The van der Waals surface area contributed by atoms with Gasteiger partial charge < -0.3 is 20.9 Å². The van der Waals surface area contributed by atoms with Crippen LogP contribution in [0.5, 0.6) is 0 Å². The zero-order chi connectivity index (χ0) is 14.1. The van der Waals surface area contributed by atoms with Crippen molar-refractivity contribution in [2.75, 3.05) is 11.1 Å². The van der Waals surface area contributed by atoms with Crippen LogP contribution >= 0.6 is 11.3 Å². The molecule has 1 aliphatic rings. The summed E-state index contributed by atoms with van der Waals surface area (Å²) in [5.41, 5.74) is 6.36. The molecule has 0 bridgehead atoms. The molecule has 1 amide bonds. The number of hydrogen-bond acceptors (Lipinski definition) is 7. The normalized spacial score (nSPS) is 14.2. The van der Waals surface area contributed by atoms with E-state index in [0.717, 1.165) is 17.8 Å². The number of thiophene rings is 1. The van der Waals surface area contributed by atoms with E-state index in [0.29, 0.717) is 34.9 Å². The number of amides is 1. The van der Waals surface area contributed by atoms with E-state index in [1.54, 1.807) is 13.0 Å². The molecule has 1 aliphatic carbocycles. The van der Waals surface area contributed by atoms with Crippen molar-refractivity contribution >= 4 is 27.9 Å². The minimum Gasteiger partial charge on any atom is -0.397 e. The van der Waals surface area contributed by atoms with Gasteiger partial charge in [-0.3, -0.25) is 4.79 Å². The summed E-state index contributed by atoms with van der Waals surface area (Å²) < 4.78 is 4.88. The molecule has 2 aromatic rings. The Hall–Kier alpha value is -2.09. The molecule has 4 N–H and O–H groups in total. The van der Waals surface area contributed by atoms with E-state index in [1.807, 2.05) is 0 Å². The van der Waals surface area contributed by atoms with Gasteiger partial charge in [0.25, 0.3) is 5.91 Å². The molecule has 0 aromatic carbocycles. The van der Waals surface area contributed by atoms with Crippen molar-refractivity contribution < 1.29 is 9.32 Å². The van der Waals surface area contributed by atoms with Gasteiger partial charge in [-0.05, 0) is 18.9 Å². The standard InChI is InChI=1S/C12H15N5O2S/c1-6-15-9(17-19-6)5-14-10-4-8(13)11(20-10)12(18)16-7-2-3-7/h4,7,14H,2-3,5,13H2,1H3,(H,16,18). The molecule has 0 aliphatic heterocycles. The van der Waals surface area contributed by atoms with Crippen LogP contribution in [0.25, 0.3) is 0 Å². The summed E-state index contributed by atoms with van der Waals surface area (Å²) in [6, 6.07) is 2.07. The summed E-state index contributed by atoms with van der Waals surface area (Å²) in [4.78, 5) is 16.6. The number of nitrogen functional groups attached to an aromatic ring is 1. The van der Waals surface area contributed by atoms with Crippen LogP contribution in [-0.4, -0.2) is 22.1 Å². The number of anilines is 2. The molecule has 0 saturated heterocycles. The highest BCUT2D eigenvalue weighted by atomic mass is 32.1. The lowest BCUT2D eigenvalue weighted by Gasteiger charge is -2.00. The van der Waals surface area contributed by atoms with E-state index in [2.05, 4.69) is 20.8 Å². The Balaban J connectivity index is 1.63. The van der Waals surface area contributed by atoms with E-state index in [1.165, 1.54) is 11.3 Å². The lowest BCUT2D eigenvalue weighted by atomic mass is 10.3. The fourth-order valence-corrected chi connectivity index (χ4v) is 2.61. The molecule has 20 heavy (non-hydrogen) atoms. The van der Waals surface area contributed by atoms with Gasteiger partial charge in [-0.1, -0.05) is 5.16 Å². The highest BCUT2D eigenvalue weighted by molar-refractivity contribution is 7.18. The predicted molar refractivity (Wildman–Crippen MR) is 75.6 cm³/mol. The molecule has 106 valence electrons. The maximum Gasteiger partial charge on any atom is 0.263 e. The van der Waals surface area contributed by atoms with E-state index in [9.17, 15) is 4.79 Å². The van der Waals surface area contributed by atoms with Crippen molar-refractivity contribution in [1.29, 1.82) is 0 Å². The lowest BCUT2D eigenvalue weighted by molar-refractivity contribution is 0.0956. The van der Waals surface area contributed by atoms with Crippen molar-refractivity contribution in [1.82, 2.24) is 15.5 Å². The van der Waals surface area contributed by atoms with Crippen molar-refractivity contribution in [3.63, 3.8) is 0 Å². The first kappa shape index (κ1) is 12.9. The highest BCUT2D eigenvalue weighted by Crippen LogP contribution is 2.30. The first-order valence-electron chi connectivity index (χ1n) is 6.35. The summed E-state index contributed by atoms with van der Waals surface area (Å²) in [7, 11) is 0. The first-order valence-corrected chi connectivity index (χ1v) is 7.16. The molecular weight excluding hydrogens is 278 g/mol. The predicted octanol–water partition coefficient (Wildman–Crippen LogP) is 1.53. The Labute approximate surface area is 119 Å². The summed E-state index contributed by atoms with van der Waals surface area (Å²) in [6.45, 7) is 2.17. The summed E-state index contributed by atoms with van der Waals surface area (Å²) in [5.74, 6) is 0.994. The average Bonchev–Trinajstić information content (AvgIpc) is 2.98. The van der Waals surface area contributed by atoms with Gasteiger partial charge >= 0.3 is 0 Å². The smallest absolute Gasteiger partial charge is 0.263 e.